The van der Waals surface area contributed by atoms with E-state index in [0.717, 1.165) is 21.1 Å². The van der Waals surface area contributed by atoms with Crippen molar-refractivity contribution in [3.8, 4) is 10.6 Å². The lowest BCUT2D eigenvalue weighted by atomic mass is 10.3. The minimum Gasteiger partial charge on any atom is -0.333 e. The normalized spacial score (nSPS) is 10.4. The smallest absolute Gasteiger partial charge is 0.319 e. The highest BCUT2D eigenvalue weighted by Gasteiger charge is 2.10. The third kappa shape index (κ3) is 4.10. The van der Waals surface area contributed by atoms with E-state index in [1.54, 1.807) is 48.0 Å². The van der Waals surface area contributed by atoms with E-state index in [2.05, 4.69) is 20.6 Å². The first-order valence-corrected chi connectivity index (χ1v) is 8.48. The molecule has 1 aromatic carbocycles. The largest absolute Gasteiger partial charge is 0.333 e. The first-order valence-electron chi connectivity index (χ1n) is 7.29. The van der Waals surface area contributed by atoms with Gasteiger partial charge in [-0.2, -0.15) is 0 Å². The predicted molar refractivity (Wildman–Crippen MR) is 97.4 cm³/mol. The Labute approximate surface area is 148 Å². The summed E-state index contributed by atoms with van der Waals surface area (Å²) >= 11 is 7.37. The van der Waals surface area contributed by atoms with Crippen LogP contribution in [0, 0.1) is 6.92 Å². The summed E-state index contributed by atoms with van der Waals surface area (Å²) in [5.74, 6) is 0. The number of rotatable bonds is 4. The molecule has 0 unspecified atom stereocenters. The van der Waals surface area contributed by atoms with Crippen LogP contribution in [0.1, 0.15) is 10.6 Å². The Bertz CT molecular complexity index is 834. The standard InChI is InChI=1S/C17H15ClN4OS/c1-11-15(24-16(21-11)12-3-2-8-19-9-12)10-20-17(23)22-14-6-4-13(18)5-7-14/h2-9H,10H2,1H3,(H2,20,22,23). The molecule has 0 saturated carbocycles. The summed E-state index contributed by atoms with van der Waals surface area (Å²) in [6.45, 7) is 2.35. The second kappa shape index (κ2) is 7.42. The van der Waals surface area contributed by atoms with Crippen molar-refractivity contribution < 1.29 is 4.79 Å². The lowest BCUT2D eigenvalue weighted by Gasteiger charge is -2.07. The van der Waals surface area contributed by atoms with Crippen molar-refractivity contribution >= 4 is 34.7 Å². The summed E-state index contributed by atoms with van der Waals surface area (Å²) in [4.78, 5) is 21.6. The first kappa shape index (κ1) is 16.4. The van der Waals surface area contributed by atoms with Gasteiger partial charge in [0, 0.05) is 33.5 Å². The quantitative estimate of drug-likeness (QED) is 0.722. The number of aromatic nitrogens is 2. The second-order valence-corrected chi connectivity index (χ2v) is 6.60. The number of halogens is 1. The van der Waals surface area contributed by atoms with Crippen molar-refractivity contribution in [1.29, 1.82) is 0 Å². The third-order valence-corrected chi connectivity index (χ3v) is 4.77. The Morgan fingerprint density at radius 1 is 1.25 bits per heavy atom. The molecule has 2 heterocycles. The van der Waals surface area contributed by atoms with E-state index in [9.17, 15) is 4.79 Å². The first-order chi connectivity index (χ1) is 11.6. The molecular weight excluding hydrogens is 344 g/mol. The fourth-order valence-electron chi connectivity index (χ4n) is 2.07. The van der Waals surface area contributed by atoms with E-state index in [0.29, 0.717) is 17.3 Å². The second-order valence-electron chi connectivity index (χ2n) is 5.08. The average Bonchev–Trinajstić information content (AvgIpc) is 2.97. The number of hydrogen-bond acceptors (Lipinski definition) is 4. The molecule has 0 saturated heterocycles. The maximum Gasteiger partial charge on any atom is 0.319 e. The lowest BCUT2D eigenvalue weighted by Crippen LogP contribution is -2.28. The monoisotopic (exact) mass is 358 g/mol. The summed E-state index contributed by atoms with van der Waals surface area (Å²) in [6, 6.07) is 10.5. The highest BCUT2D eigenvalue weighted by atomic mass is 35.5. The van der Waals surface area contributed by atoms with Gasteiger partial charge in [-0.1, -0.05) is 11.6 Å². The van der Waals surface area contributed by atoms with Crippen molar-refractivity contribution in [3.05, 3.63) is 64.4 Å². The molecule has 0 atom stereocenters. The van der Waals surface area contributed by atoms with Gasteiger partial charge in [0.15, 0.2) is 0 Å². The molecule has 0 bridgehead atoms. The van der Waals surface area contributed by atoms with Crippen LogP contribution in [0.2, 0.25) is 5.02 Å². The number of thiazole rings is 1. The molecule has 122 valence electrons. The molecule has 2 amide bonds. The number of nitrogens with one attached hydrogen (secondary N) is 2. The zero-order valence-corrected chi connectivity index (χ0v) is 14.5. The van der Waals surface area contributed by atoms with E-state index in [-0.39, 0.29) is 6.03 Å². The van der Waals surface area contributed by atoms with Crippen LogP contribution in [0.25, 0.3) is 10.6 Å². The van der Waals surface area contributed by atoms with Crippen molar-refractivity contribution in [2.45, 2.75) is 13.5 Å². The van der Waals surface area contributed by atoms with E-state index < -0.39 is 0 Å². The number of benzene rings is 1. The van der Waals surface area contributed by atoms with Crippen molar-refractivity contribution in [2.24, 2.45) is 0 Å². The van der Waals surface area contributed by atoms with Gasteiger partial charge in [0.2, 0.25) is 0 Å². The van der Waals surface area contributed by atoms with Crippen LogP contribution in [0.4, 0.5) is 10.5 Å². The highest BCUT2D eigenvalue weighted by Crippen LogP contribution is 2.27. The maximum absolute atomic E-state index is 12.0. The molecule has 0 spiro atoms. The zero-order valence-electron chi connectivity index (χ0n) is 12.9. The third-order valence-electron chi connectivity index (χ3n) is 3.31. The van der Waals surface area contributed by atoms with E-state index in [1.165, 1.54) is 0 Å². The minimum absolute atomic E-state index is 0.270. The zero-order chi connectivity index (χ0) is 16.9. The van der Waals surface area contributed by atoms with Crippen LogP contribution in [0.3, 0.4) is 0 Å². The van der Waals surface area contributed by atoms with Gasteiger partial charge in [0.25, 0.3) is 0 Å². The maximum atomic E-state index is 12.0. The van der Waals surface area contributed by atoms with Gasteiger partial charge in [0.05, 0.1) is 12.2 Å². The molecule has 0 fully saturated rings. The topological polar surface area (TPSA) is 66.9 Å². The Morgan fingerprint density at radius 2 is 2.04 bits per heavy atom. The number of amides is 2. The van der Waals surface area contributed by atoms with Crippen LogP contribution in [0.5, 0.6) is 0 Å². The van der Waals surface area contributed by atoms with Crippen LogP contribution >= 0.6 is 22.9 Å². The Morgan fingerprint density at radius 3 is 2.75 bits per heavy atom. The molecule has 0 aliphatic carbocycles. The van der Waals surface area contributed by atoms with Crippen molar-refractivity contribution in [1.82, 2.24) is 15.3 Å². The van der Waals surface area contributed by atoms with E-state index in [4.69, 9.17) is 11.6 Å². The summed E-state index contributed by atoms with van der Waals surface area (Å²) in [5, 5.41) is 7.13. The number of anilines is 1. The Balaban J connectivity index is 1.61. The SMILES string of the molecule is Cc1nc(-c2cccnc2)sc1CNC(=O)Nc1ccc(Cl)cc1. The van der Waals surface area contributed by atoms with Crippen molar-refractivity contribution in [2.75, 3.05) is 5.32 Å². The van der Waals surface area contributed by atoms with Gasteiger partial charge >= 0.3 is 6.03 Å². The number of hydrogen-bond donors (Lipinski definition) is 2. The number of carbonyl (C=O) groups is 1. The van der Waals surface area contributed by atoms with Gasteiger partial charge in [0.1, 0.15) is 5.01 Å². The summed E-state index contributed by atoms with van der Waals surface area (Å²) in [7, 11) is 0. The molecule has 0 aliphatic rings. The molecule has 0 aliphatic heterocycles. The van der Waals surface area contributed by atoms with Crippen molar-refractivity contribution in [3.63, 3.8) is 0 Å². The molecule has 5 nitrogen and oxygen atoms in total. The summed E-state index contributed by atoms with van der Waals surface area (Å²) < 4.78 is 0. The number of pyridine rings is 1. The molecule has 0 radical (unpaired) electrons. The van der Waals surface area contributed by atoms with Crippen LogP contribution in [0.15, 0.2) is 48.8 Å². The Kier molecular flexibility index (Phi) is 5.08. The molecule has 3 rings (SSSR count). The molecular formula is C17H15ClN4OS. The van der Waals surface area contributed by atoms with Gasteiger partial charge in [-0.15, -0.1) is 11.3 Å². The fraction of sp³-hybridized carbons (Fsp3) is 0.118. The Hall–Kier alpha value is -2.44. The van der Waals surface area contributed by atoms with Crippen LogP contribution < -0.4 is 10.6 Å². The number of urea groups is 1. The minimum atomic E-state index is -0.270. The molecule has 24 heavy (non-hydrogen) atoms. The van der Waals surface area contributed by atoms with Gasteiger partial charge < -0.3 is 10.6 Å². The summed E-state index contributed by atoms with van der Waals surface area (Å²) in [6.07, 6.45) is 3.51. The van der Waals surface area contributed by atoms with E-state index >= 15 is 0 Å². The van der Waals surface area contributed by atoms with Gasteiger partial charge in [-0.25, -0.2) is 9.78 Å². The fourth-order valence-corrected chi connectivity index (χ4v) is 3.19. The molecule has 2 aromatic heterocycles. The predicted octanol–water partition coefficient (Wildman–Crippen LogP) is 4.49. The number of aryl methyl sites for hydroxylation is 1. The van der Waals surface area contributed by atoms with Crippen LogP contribution in [-0.4, -0.2) is 16.0 Å². The molecule has 7 heteroatoms. The van der Waals surface area contributed by atoms with Gasteiger partial charge in [-0.05, 0) is 43.3 Å². The number of carbonyl (C=O) groups excluding carboxylic acids is 1. The average molecular weight is 359 g/mol. The molecule has 2 N–H and O–H groups in total. The summed E-state index contributed by atoms with van der Waals surface area (Å²) in [5.41, 5.74) is 2.57. The van der Waals surface area contributed by atoms with Crippen LogP contribution in [-0.2, 0) is 6.54 Å². The number of nitrogens with zero attached hydrogens (tertiary/aromatic N) is 2. The lowest BCUT2D eigenvalue weighted by molar-refractivity contribution is 0.252. The molecule has 3 aromatic rings. The highest BCUT2D eigenvalue weighted by molar-refractivity contribution is 7.15. The van der Waals surface area contributed by atoms with E-state index in [1.807, 2.05) is 19.1 Å². The van der Waals surface area contributed by atoms with Gasteiger partial charge in [-0.3, -0.25) is 4.98 Å².